The number of carboxylic acids is 1. The molecule has 0 spiro atoms. The molecule has 15 heteroatoms. The van der Waals surface area contributed by atoms with Gasteiger partial charge in [0.05, 0.1) is 26.6 Å². The summed E-state index contributed by atoms with van der Waals surface area (Å²) in [5, 5.41) is 15.0. The summed E-state index contributed by atoms with van der Waals surface area (Å²) in [6.07, 6.45) is 7.57. The number of rotatable bonds is 9. The van der Waals surface area contributed by atoms with Gasteiger partial charge in [0.2, 0.25) is 0 Å². The Morgan fingerprint density at radius 1 is 0.623 bits per heavy atom. The van der Waals surface area contributed by atoms with Crippen LogP contribution in [-0.2, 0) is 25.9 Å². The van der Waals surface area contributed by atoms with Crippen molar-refractivity contribution >= 4 is 68.5 Å². The number of nitrogens with zero attached hydrogens (tertiary/aromatic N) is 6. The van der Waals surface area contributed by atoms with Gasteiger partial charge in [-0.15, -0.1) is 0 Å². The number of anilines is 2. The molecule has 6 heterocycles. The van der Waals surface area contributed by atoms with Crippen molar-refractivity contribution < 1.29 is 14.7 Å². The third-order valence-corrected chi connectivity index (χ3v) is 9.84. The van der Waals surface area contributed by atoms with Crippen molar-refractivity contribution in [1.82, 2.24) is 35.2 Å². The number of carboxylic acid groups (broad SMARTS) is 1. The van der Waals surface area contributed by atoms with Crippen LogP contribution in [0.3, 0.4) is 0 Å². The Morgan fingerprint density at radius 3 is 1.61 bits per heavy atom. The lowest BCUT2D eigenvalue weighted by Gasteiger charge is -2.09. The number of hydrogen-bond acceptors (Lipinski definition) is 11. The van der Waals surface area contributed by atoms with Gasteiger partial charge < -0.3 is 27.6 Å². The lowest BCUT2D eigenvalue weighted by atomic mass is 10.0. The maximum atomic E-state index is 12.6. The first-order valence-corrected chi connectivity index (χ1v) is 19.7. The number of benzene rings is 2. The van der Waals surface area contributed by atoms with Crippen LogP contribution >= 0.6 is 23.2 Å². The monoisotopic (exact) mass is 852 g/mol. The number of carbonyl (C=O) groups excluding carboxylic acids is 1. The Bertz CT molecular complexity index is 2860. The molecule has 0 aliphatic carbocycles. The summed E-state index contributed by atoms with van der Waals surface area (Å²) in [6.45, 7) is 4.68. The maximum absolute atomic E-state index is 12.6. The zero-order valence-electron chi connectivity index (χ0n) is 33.3. The fourth-order valence-electron chi connectivity index (χ4n) is 6.27. The minimum atomic E-state index is -0.951. The molecule has 0 saturated heterocycles. The smallest absolute Gasteiger partial charge is 0.335 e. The predicted octanol–water partition coefficient (Wildman–Crippen LogP) is 8.09. The molecule has 13 nitrogen and oxygen atoms in total. The van der Waals surface area contributed by atoms with Gasteiger partial charge in [0.25, 0.3) is 5.91 Å². The second-order valence-corrected chi connectivity index (χ2v) is 14.8. The van der Waals surface area contributed by atoms with Crippen LogP contribution in [0, 0.1) is 13.8 Å². The average molecular weight is 854 g/mol. The number of pyridine rings is 6. The van der Waals surface area contributed by atoms with E-state index in [2.05, 4.69) is 35.2 Å². The van der Waals surface area contributed by atoms with Gasteiger partial charge in [-0.25, -0.2) is 14.8 Å². The van der Waals surface area contributed by atoms with Crippen LogP contribution in [0.4, 0.5) is 11.6 Å². The molecule has 1 amide bonds. The van der Waals surface area contributed by atoms with Crippen molar-refractivity contribution in [2.75, 3.05) is 11.5 Å². The summed E-state index contributed by atoms with van der Waals surface area (Å²) in [7, 11) is 0. The van der Waals surface area contributed by atoms with Crippen LogP contribution in [0.15, 0.2) is 122 Å². The minimum Gasteiger partial charge on any atom is -0.478 e. The molecule has 0 aliphatic rings. The van der Waals surface area contributed by atoms with Gasteiger partial charge in [-0.3, -0.25) is 24.7 Å². The Labute approximate surface area is 362 Å². The first kappa shape index (κ1) is 43.5. The van der Waals surface area contributed by atoms with Gasteiger partial charge >= 0.3 is 5.97 Å². The highest BCUT2D eigenvalue weighted by Crippen LogP contribution is 2.22. The van der Waals surface area contributed by atoms with Crippen molar-refractivity contribution in [2.45, 2.75) is 39.8 Å². The molecule has 8 N–H and O–H groups in total. The molecule has 0 fully saturated rings. The van der Waals surface area contributed by atoms with Crippen LogP contribution < -0.4 is 22.5 Å². The highest BCUT2D eigenvalue weighted by Gasteiger charge is 2.10. The standard InChI is InChI=1S/C23H20ClN5O.C16H11ClN2O2.C7H11N3/c1-14-17(3-5-22(25)29-14)12-28-23(30)16-6-7-26-20(11-16)9-15-2-4-21-18(8-15)10-19(24)13-27-21;17-13-7-12-5-10(1-2-15(12)19-9-13)6-14-8-11(16(20)21)3-4-18-14;1-5-6(4-8)2-3-7(9)10-5/h2-8,10-11,13H,9,12H2,1H3,(H2,25,29)(H,28,30);1-5,7-9H,6H2,(H,20,21);2-3H,4,8H2,1H3,(H2,9,10). The van der Waals surface area contributed by atoms with E-state index in [1.54, 1.807) is 42.9 Å². The molecule has 8 aromatic rings. The van der Waals surface area contributed by atoms with E-state index >= 15 is 0 Å². The van der Waals surface area contributed by atoms with E-state index in [0.29, 0.717) is 58.9 Å². The zero-order valence-corrected chi connectivity index (χ0v) is 34.8. The van der Waals surface area contributed by atoms with Crippen LogP contribution in [-0.4, -0.2) is 46.9 Å². The van der Waals surface area contributed by atoms with Crippen molar-refractivity contribution in [3.63, 3.8) is 0 Å². The normalized spacial score (nSPS) is 10.6. The molecule has 6 aromatic heterocycles. The Balaban J connectivity index is 0.000000173. The third-order valence-electron chi connectivity index (χ3n) is 9.43. The van der Waals surface area contributed by atoms with Crippen molar-refractivity contribution in [1.29, 1.82) is 0 Å². The maximum Gasteiger partial charge on any atom is 0.335 e. The summed E-state index contributed by atoms with van der Waals surface area (Å²) in [4.78, 5) is 49.0. The number of hydrogen-bond donors (Lipinski definition) is 5. The fourth-order valence-corrected chi connectivity index (χ4v) is 6.60. The van der Waals surface area contributed by atoms with Crippen LogP contribution in [0.25, 0.3) is 21.8 Å². The van der Waals surface area contributed by atoms with Gasteiger partial charge in [0.1, 0.15) is 11.6 Å². The number of aromatic carboxylic acids is 1. The molecule has 308 valence electrons. The molecule has 0 saturated carbocycles. The number of nitrogens with one attached hydrogen (secondary N) is 1. The molecule has 61 heavy (non-hydrogen) atoms. The molecular weight excluding hydrogens is 811 g/mol. The number of carbonyl (C=O) groups is 2. The van der Waals surface area contributed by atoms with Crippen LogP contribution in [0.5, 0.6) is 0 Å². The second kappa shape index (κ2) is 20.3. The Kier molecular flexibility index (Phi) is 14.5. The Morgan fingerprint density at radius 2 is 1.11 bits per heavy atom. The molecule has 8 rings (SSSR count). The molecular formula is C46H42Cl2N10O3. The number of amides is 1. The van der Waals surface area contributed by atoms with E-state index in [1.165, 1.54) is 12.3 Å². The van der Waals surface area contributed by atoms with E-state index in [4.69, 9.17) is 45.5 Å². The van der Waals surface area contributed by atoms with Crippen molar-refractivity contribution in [3.8, 4) is 0 Å². The van der Waals surface area contributed by atoms with E-state index in [0.717, 1.165) is 61.1 Å². The molecule has 0 atom stereocenters. The van der Waals surface area contributed by atoms with E-state index in [1.807, 2.05) is 80.6 Å². The summed E-state index contributed by atoms with van der Waals surface area (Å²) >= 11 is 12.0. The fraction of sp³-hybridized carbons (Fsp3) is 0.130. The largest absolute Gasteiger partial charge is 0.478 e. The van der Waals surface area contributed by atoms with Crippen molar-refractivity contribution in [3.05, 3.63) is 188 Å². The summed E-state index contributed by atoms with van der Waals surface area (Å²) in [5.74, 6) is -0.0969. The highest BCUT2D eigenvalue weighted by molar-refractivity contribution is 6.31. The number of aryl methyl sites for hydroxylation is 2. The number of halogens is 2. The third kappa shape index (κ3) is 12.2. The van der Waals surface area contributed by atoms with Gasteiger partial charge in [0, 0.05) is 89.8 Å². The van der Waals surface area contributed by atoms with E-state index in [-0.39, 0.29) is 11.5 Å². The lowest BCUT2D eigenvalue weighted by Crippen LogP contribution is -2.23. The van der Waals surface area contributed by atoms with Gasteiger partial charge in [0.15, 0.2) is 0 Å². The molecule has 0 aliphatic heterocycles. The molecule has 0 radical (unpaired) electrons. The number of fused-ring (bicyclic) bond motifs is 2. The SMILES string of the molecule is Cc1nc(N)ccc1CN.Cc1nc(N)ccc1CNC(=O)c1ccnc(Cc2ccc3ncc(Cl)cc3c2)c1.O=C(O)c1ccnc(Cc2ccc3ncc(Cl)cc3c2)c1. The van der Waals surface area contributed by atoms with Gasteiger partial charge in [-0.1, -0.05) is 47.5 Å². The van der Waals surface area contributed by atoms with Crippen LogP contribution in [0.1, 0.15) is 65.7 Å². The lowest BCUT2D eigenvalue weighted by molar-refractivity contribution is 0.0696. The predicted molar refractivity (Wildman–Crippen MR) is 240 cm³/mol. The summed E-state index contributed by atoms with van der Waals surface area (Å²) in [5.41, 5.74) is 26.4. The van der Waals surface area contributed by atoms with Gasteiger partial charge in [-0.2, -0.15) is 0 Å². The molecule has 0 bridgehead atoms. The molecule has 0 unspecified atom stereocenters. The summed E-state index contributed by atoms with van der Waals surface area (Å²) < 4.78 is 0. The Hall–Kier alpha value is -7.06. The van der Waals surface area contributed by atoms with Crippen molar-refractivity contribution in [2.24, 2.45) is 5.73 Å². The minimum absolute atomic E-state index is 0.163. The topological polar surface area (TPSA) is 222 Å². The van der Waals surface area contributed by atoms with Crippen LogP contribution in [0.2, 0.25) is 10.0 Å². The first-order valence-electron chi connectivity index (χ1n) is 19.0. The number of aromatic nitrogens is 6. The summed E-state index contributed by atoms with van der Waals surface area (Å²) in [6, 6.07) is 29.5. The average Bonchev–Trinajstić information content (AvgIpc) is 3.24. The zero-order chi connectivity index (χ0) is 43.5. The quantitative estimate of drug-likeness (QED) is 0.0930. The number of nitrogens with two attached hydrogens (primary N) is 3. The van der Waals surface area contributed by atoms with E-state index < -0.39 is 5.97 Å². The number of nitrogen functional groups attached to an aromatic ring is 2. The highest BCUT2D eigenvalue weighted by atomic mass is 35.5. The first-order chi connectivity index (χ1) is 29.3. The molecule has 2 aromatic carbocycles. The van der Waals surface area contributed by atoms with E-state index in [9.17, 15) is 9.59 Å². The second-order valence-electron chi connectivity index (χ2n) is 13.9. The van der Waals surface area contributed by atoms with Gasteiger partial charge in [-0.05, 0) is 109 Å².